The molecule has 28 heavy (non-hydrogen) atoms. The second-order valence-electron chi connectivity index (χ2n) is 6.88. The van der Waals surface area contributed by atoms with Crippen LogP contribution in [0.2, 0.25) is 0 Å². The molecule has 5 heteroatoms. The zero-order chi connectivity index (χ0) is 19.8. The maximum Gasteiger partial charge on any atom is 0.348 e. The zero-order valence-corrected chi connectivity index (χ0v) is 16.2. The van der Waals surface area contributed by atoms with Crippen molar-refractivity contribution in [1.82, 2.24) is 0 Å². The maximum absolute atomic E-state index is 11.7. The van der Waals surface area contributed by atoms with E-state index in [1.54, 1.807) is 17.9 Å². The van der Waals surface area contributed by atoms with Gasteiger partial charge in [-0.15, -0.1) is 0 Å². The summed E-state index contributed by atoms with van der Waals surface area (Å²) in [6.45, 7) is 7.31. The normalized spacial score (nSPS) is 15.1. The average molecular weight is 376 g/mol. The number of nitriles is 1. The highest BCUT2D eigenvalue weighted by atomic mass is 16.5. The molecule has 0 atom stereocenters. The number of esters is 1. The monoisotopic (exact) mass is 376 g/mol. The number of nitrogens with one attached hydrogen (secondary N) is 1. The van der Waals surface area contributed by atoms with E-state index in [1.807, 2.05) is 30.3 Å². The molecular formula is C23H26N3O2+. The second-order valence-corrected chi connectivity index (χ2v) is 6.88. The van der Waals surface area contributed by atoms with Gasteiger partial charge < -0.3 is 14.5 Å². The third-order valence-electron chi connectivity index (χ3n) is 4.95. The molecule has 0 aliphatic carbocycles. The number of benzene rings is 2. The van der Waals surface area contributed by atoms with Crippen LogP contribution >= 0.6 is 0 Å². The van der Waals surface area contributed by atoms with Crippen molar-refractivity contribution in [2.24, 2.45) is 0 Å². The van der Waals surface area contributed by atoms with Gasteiger partial charge in [0.05, 0.1) is 32.8 Å². The molecule has 1 aliphatic heterocycles. The average Bonchev–Trinajstić information content (AvgIpc) is 2.74. The Hall–Kier alpha value is -3.10. The number of anilines is 1. The highest BCUT2D eigenvalue weighted by molar-refractivity contribution is 5.97. The number of rotatable bonds is 6. The van der Waals surface area contributed by atoms with Gasteiger partial charge in [0.1, 0.15) is 18.2 Å². The van der Waals surface area contributed by atoms with Crippen LogP contribution in [0.4, 0.5) is 5.69 Å². The van der Waals surface area contributed by atoms with Crippen LogP contribution in [0, 0.1) is 11.3 Å². The van der Waals surface area contributed by atoms with Crippen molar-refractivity contribution in [2.75, 3.05) is 37.7 Å². The Kier molecular flexibility index (Phi) is 6.83. The molecule has 1 fully saturated rings. The minimum Gasteiger partial charge on any atom is -0.462 e. The number of ether oxygens (including phenoxy) is 1. The van der Waals surface area contributed by atoms with Crippen LogP contribution in [-0.2, 0) is 16.1 Å². The molecule has 0 spiro atoms. The lowest BCUT2D eigenvalue weighted by Crippen LogP contribution is -3.13. The summed E-state index contributed by atoms with van der Waals surface area (Å²) in [6.07, 6.45) is 1.57. The lowest BCUT2D eigenvalue weighted by atomic mass is 10.1. The topological polar surface area (TPSA) is 57.8 Å². The van der Waals surface area contributed by atoms with E-state index in [9.17, 15) is 4.79 Å². The molecule has 3 rings (SSSR count). The molecule has 1 N–H and O–H groups in total. The van der Waals surface area contributed by atoms with Crippen LogP contribution in [0.25, 0.3) is 6.08 Å². The summed E-state index contributed by atoms with van der Waals surface area (Å²) < 4.78 is 4.90. The minimum atomic E-state index is -0.577. The molecule has 0 bridgehead atoms. The van der Waals surface area contributed by atoms with Crippen LogP contribution in [0.3, 0.4) is 0 Å². The Morgan fingerprint density at radius 1 is 1.14 bits per heavy atom. The molecule has 0 saturated carbocycles. The van der Waals surface area contributed by atoms with E-state index < -0.39 is 5.97 Å². The lowest BCUT2D eigenvalue weighted by molar-refractivity contribution is -0.914. The number of carbonyl (C=O) groups is 1. The highest BCUT2D eigenvalue weighted by Gasteiger charge is 2.20. The van der Waals surface area contributed by atoms with Gasteiger partial charge in [0.15, 0.2) is 0 Å². The molecule has 144 valence electrons. The first kappa shape index (κ1) is 19.7. The number of hydrogen-bond donors (Lipinski definition) is 1. The molecule has 0 amide bonds. The lowest BCUT2D eigenvalue weighted by Gasteiger charge is -2.33. The summed E-state index contributed by atoms with van der Waals surface area (Å²) in [7, 11) is 0. The molecular weight excluding hydrogens is 350 g/mol. The molecule has 5 nitrogen and oxygen atoms in total. The number of piperazine rings is 1. The summed E-state index contributed by atoms with van der Waals surface area (Å²) in [5.41, 5.74) is 3.40. The fourth-order valence-corrected chi connectivity index (χ4v) is 3.44. The SMILES string of the molecule is CCOC(=O)/C(C#N)=C\c1ccc(N2CC[NH+](Cc3ccccc3)CC2)cc1. The van der Waals surface area contributed by atoms with Gasteiger partial charge >= 0.3 is 5.97 Å². The maximum atomic E-state index is 11.7. The van der Waals surface area contributed by atoms with Gasteiger partial charge in [0.2, 0.25) is 0 Å². The minimum absolute atomic E-state index is 0.0210. The number of hydrogen-bond acceptors (Lipinski definition) is 4. The third-order valence-corrected chi connectivity index (χ3v) is 4.95. The van der Waals surface area contributed by atoms with Gasteiger partial charge in [-0.2, -0.15) is 5.26 Å². The molecule has 0 aromatic heterocycles. The van der Waals surface area contributed by atoms with E-state index in [4.69, 9.17) is 10.00 Å². The van der Waals surface area contributed by atoms with Gasteiger partial charge in [-0.1, -0.05) is 42.5 Å². The van der Waals surface area contributed by atoms with E-state index in [0.717, 1.165) is 38.3 Å². The summed E-state index contributed by atoms with van der Waals surface area (Å²) in [5, 5.41) is 9.14. The third kappa shape index (κ3) is 5.21. The van der Waals surface area contributed by atoms with Crippen molar-refractivity contribution in [3.05, 3.63) is 71.3 Å². The Morgan fingerprint density at radius 2 is 1.82 bits per heavy atom. The van der Waals surface area contributed by atoms with Crippen LogP contribution < -0.4 is 9.80 Å². The highest BCUT2D eigenvalue weighted by Crippen LogP contribution is 2.17. The summed E-state index contributed by atoms with van der Waals surface area (Å²) in [4.78, 5) is 15.7. The van der Waals surface area contributed by atoms with Crippen molar-refractivity contribution >= 4 is 17.7 Å². The summed E-state index contributed by atoms with van der Waals surface area (Å²) in [5.74, 6) is -0.577. The Labute approximate surface area is 166 Å². The predicted octanol–water partition coefficient (Wildman–Crippen LogP) is 2.06. The van der Waals surface area contributed by atoms with Crippen LogP contribution in [0.15, 0.2) is 60.2 Å². The standard InChI is InChI=1S/C23H25N3O2/c1-2-28-23(27)21(17-24)16-19-8-10-22(11-9-19)26-14-12-25(13-15-26)18-20-6-4-3-5-7-20/h3-11,16H,2,12-15,18H2,1H3/p+1/b21-16-. The fraction of sp³-hybridized carbons (Fsp3) is 0.304. The van der Waals surface area contributed by atoms with Crippen LogP contribution in [0.1, 0.15) is 18.1 Å². The largest absolute Gasteiger partial charge is 0.462 e. The molecule has 1 saturated heterocycles. The second kappa shape index (κ2) is 9.72. The van der Waals surface area contributed by atoms with Crippen molar-refractivity contribution < 1.29 is 14.4 Å². The quantitative estimate of drug-likeness (QED) is 0.476. The first-order valence-electron chi connectivity index (χ1n) is 9.71. The van der Waals surface area contributed by atoms with Gasteiger partial charge in [0.25, 0.3) is 0 Å². The molecule has 0 radical (unpaired) electrons. The molecule has 2 aromatic rings. The van der Waals surface area contributed by atoms with E-state index in [0.29, 0.717) is 0 Å². The molecule has 1 aliphatic rings. The fourth-order valence-electron chi connectivity index (χ4n) is 3.44. The molecule has 0 unspecified atom stereocenters. The van der Waals surface area contributed by atoms with E-state index in [1.165, 1.54) is 11.3 Å². The zero-order valence-electron chi connectivity index (χ0n) is 16.2. The smallest absolute Gasteiger partial charge is 0.348 e. The molecule has 1 heterocycles. The van der Waals surface area contributed by atoms with Gasteiger partial charge in [0, 0.05) is 11.3 Å². The first-order valence-corrected chi connectivity index (χ1v) is 9.71. The number of nitrogens with zero attached hydrogens (tertiary/aromatic N) is 2. The van der Waals surface area contributed by atoms with E-state index in [2.05, 4.69) is 35.2 Å². The van der Waals surface area contributed by atoms with Crippen LogP contribution in [-0.4, -0.2) is 38.8 Å². The molecule has 2 aromatic carbocycles. The van der Waals surface area contributed by atoms with Gasteiger partial charge in [-0.25, -0.2) is 4.79 Å². The Bertz CT molecular complexity index is 846. The number of carbonyl (C=O) groups excluding carboxylic acids is 1. The van der Waals surface area contributed by atoms with Gasteiger partial charge in [-0.3, -0.25) is 0 Å². The van der Waals surface area contributed by atoms with Crippen LogP contribution in [0.5, 0.6) is 0 Å². The predicted molar refractivity (Wildman–Crippen MR) is 110 cm³/mol. The van der Waals surface area contributed by atoms with Crippen molar-refractivity contribution in [2.45, 2.75) is 13.5 Å². The van der Waals surface area contributed by atoms with Crippen molar-refractivity contribution in [3.8, 4) is 6.07 Å². The van der Waals surface area contributed by atoms with E-state index in [-0.39, 0.29) is 12.2 Å². The van der Waals surface area contributed by atoms with Crippen molar-refractivity contribution in [1.29, 1.82) is 5.26 Å². The summed E-state index contributed by atoms with van der Waals surface area (Å²) >= 11 is 0. The van der Waals surface area contributed by atoms with E-state index >= 15 is 0 Å². The Morgan fingerprint density at radius 3 is 2.43 bits per heavy atom. The summed E-state index contributed by atoms with van der Waals surface area (Å²) in [6, 6.07) is 20.5. The Balaban J connectivity index is 1.57. The number of quaternary nitrogens is 1. The van der Waals surface area contributed by atoms with Crippen molar-refractivity contribution in [3.63, 3.8) is 0 Å². The van der Waals surface area contributed by atoms with Gasteiger partial charge in [-0.05, 0) is 30.7 Å². The first-order chi connectivity index (χ1) is 13.7.